The Balaban J connectivity index is 2.46. The van der Waals surface area contributed by atoms with Crippen molar-refractivity contribution in [2.45, 2.75) is 26.3 Å². The number of benzene rings is 1. The molecule has 0 aliphatic heterocycles. The number of carbonyl (C=O) groups excluding carboxylic acids is 1. The second-order valence-electron chi connectivity index (χ2n) is 4.57. The number of carbonyl (C=O) groups is 1. The number of alkyl halides is 1. The van der Waals surface area contributed by atoms with E-state index in [1.165, 1.54) is 12.1 Å². The van der Waals surface area contributed by atoms with Crippen molar-refractivity contribution in [3.05, 3.63) is 28.8 Å². The van der Waals surface area contributed by atoms with Crippen LogP contribution in [0, 0.1) is 5.82 Å². The largest absolute Gasteiger partial charge is 0.342 e. The molecule has 2 rings (SSSR count). The van der Waals surface area contributed by atoms with Gasteiger partial charge in [-0.3, -0.25) is 4.79 Å². The molecule has 21 heavy (non-hydrogen) atoms. The van der Waals surface area contributed by atoms with Crippen molar-refractivity contribution in [1.29, 1.82) is 0 Å². The Hall–Kier alpha value is -1.33. The quantitative estimate of drug-likeness (QED) is 0.787. The second-order valence-corrected chi connectivity index (χ2v) is 5.24. The van der Waals surface area contributed by atoms with E-state index in [-0.39, 0.29) is 23.4 Å². The van der Waals surface area contributed by atoms with Crippen molar-refractivity contribution in [3.8, 4) is 0 Å². The van der Waals surface area contributed by atoms with Crippen molar-refractivity contribution in [2.75, 3.05) is 13.1 Å². The van der Waals surface area contributed by atoms with Crippen LogP contribution in [0.15, 0.2) is 12.1 Å². The third-order valence-corrected chi connectivity index (χ3v) is 3.93. The molecular formula is C14H16Cl2FN3O. The van der Waals surface area contributed by atoms with Gasteiger partial charge in [0.15, 0.2) is 0 Å². The Morgan fingerprint density at radius 3 is 2.62 bits per heavy atom. The third kappa shape index (κ3) is 3.14. The molecule has 0 atom stereocenters. The first-order valence-electron chi connectivity index (χ1n) is 6.69. The average molecular weight is 332 g/mol. The lowest BCUT2D eigenvalue weighted by atomic mass is 10.3. The van der Waals surface area contributed by atoms with Gasteiger partial charge in [0.1, 0.15) is 18.2 Å². The molecular weight excluding hydrogens is 316 g/mol. The first kappa shape index (κ1) is 16.0. The van der Waals surface area contributed by atoms with E-state index in [1.54, 1.807) is 9.47 Å². The van der Waals surface area contributed by atoms with Crippen LogP contribution < -0.4 is 0 Å². The zero-order valence-electron chi connectivity index (χ0n) is 11.9. The molecule has 0 saturated carbocycles. The second kappa shape index (κ2) is 6.62. The molecule has 0 saturated heterocycles. The van der Waals surface area contributed by atoms with E-state index in [9.17, 15) is 9.18 Å². The summed E-state index contributed by atoms with van der Waals surface area (Å²) in [6, 6.07) is 2.73. The molecule has 2 aromatic rings. The Morgan fingerprint density at radius 2 is 2.05 bits per heavy atom. The van der Waals surface area contributed by atoms with E-state index < -0.39 is 5.82 Å². The Labute approximate surface area is 132 Å². The lowest BCUT2D eigenvalue weighted by Gasteiger charge is -2.19. The molecule has 1 aromatic heterocycles. The molecule has 1 aromatic carbocycles. The number of nitrogens with zero attached hydrogens (tertiary/aromatic N) is 3. The fraction of sp³-hybridized carbons (Fsp3) is 0.429. The van der Waals surface area contributed by atoms with Crippen LogP contribution in [0.2, 0.25) is 5.02 Å². The summed E-state index contributed by atoms with van der Waals surface area (Å²) in [5.74, 6) is 0.0657. The minimum Gasteiger partial charge on any atom is -0.342 e. The molecule has 0 bridgehead atoms. The molecule has 0 aliphatic carbocycles. The van der Waals surface area contributed by atoms with Gasteiger partial charge in [-0.25, -0.2) is 9.37 Å². The highest BCUT2D eigenvalue weighted by Gasteiger charge is 2.17. The van der Waals surface area contributed by atoms with Crippen molar-refractivity contribution in [3.63, 3.8) is 0 Å². The molecule has 0 unspecified atom stereocenters. The van der Waals surface area contributed by atoms with E-state index >= 15 is 0 Å². The van der Waals surface area contributed by atoms with Crippen LogP contribution in [0.5, 0.6) is 0 Å². The number of imidazole rings is 1. The maximum Gasteiger partial charge on any atom is 0.242 e. The first-order valence-corrected chi connectivity index (χ1v) is 7.60. The van der Waals surface area contributed by atoms with Crippen LogP contribution in [0.1, 0.15) is 19.7 Å². The Morgan fingerprint density at radius 1 is 1.38 bits per heavy atom. The Kier molecular flexibility index (Phi) is 5.06. The summed E-state index contributed by atoms with van der Waals surface area (Å²) in [5, 5.41) is 0.00309. The third-order valence-electron chi connectivity index (χ3n) is 3.40. The van der Waals surface area contributed by atoms with Crippen LogP contribution in [0.3, 0.4) is 0 Å². The molecule has 4 nitrogen and oxygen atoms in total. The Bertz CT molecular complexity index is 668. The minimum absolute atomic E-state index is 0.00309. The van der Waals surface area contributed by atoms with E-state index in [1.807, 2.05) is 13.8 Å². The van der Waals surface area contributed by atoms with E-state index in [2.05, 4.69) is 4.98 Å². The summed E-state index contributed by atoms with van der Waals surface area (Å²) in [4.78, 5) is 18.3. The fourth-order valence-electron chi connectivity index (χ4n) is 2.26. The van der Waals surface area contributed by atoms with Gasteiger partial charge in [-0.15, -0.1) is 11.6 Å². The highest BCUT2D eigenvalue weighted by atomic mass is 35.5. The SMILES string of the molecule is CCN(CC)C(=O)Cn1c(CCl)nc2cc(Cl)c(F)cc21. The topological polar surface area (TPSA) is 38.1 Å². The van der Waals surface area contributed by atoms with Gasteiger partial charge in [-0.05, 0) is 19.9 Å². The summed E-state index contributed by atoms with van der Waals surface area (Å²) < 4.78 is 15.3. The van der Waals surface area contributed by atoms with Crippen molar-refractivity contribution < 1.29 is 9.18 Å². The smallest absolute Gasteiger partial charge is 0.242 e. The van der Waals surface area contributed by atoms with Crippen molar-refractivity contribution in [1.82, 2.24) is 14.5 Å². The number of hydrogen-bond donors (Lipinski definition) is 0. The van der Waals surface area contributed by atoms with Crippen LogP contribution >= 0.6 is 23.2 Å². The van der Waals surface area contributed by atoms with Crippen LogP contribution in [-0.4, -0.2) is 33.4 Å². The van der Waals surface area contributed by atoms with Gasteiger partial charge < -0.3 is 9.47 Å². The predicted molar refractivity (Wildman–Crippen MR) is 82.2 cm³/mol. The summed E-state index contributed by atoms with van der Waals surface area (Å²) >= 11 is 11.6. The monoisotopic (exact) mass is 331 g/mol. The zero-order chi connectivity index (χ0) is 15.6. The number of amides is 1. The number of aromatic nitrogens is 2. The highest BCUT2D eigenvalue weighted by Crippen LogP contribution is 2.24. The maximum atomic E-state index is 13.7. The number of hydrogen-bond acceptors (Lipinski definition) is 2. The normalized spacial score (nSPS) is 11.1. The van der Waals surface area contributed by atoms with Gasteiger partial charge in [0.05, 0.1) is 21.9 Å². The molecule has 0 aliphatic rings. The maximum absolute atomic E-state index is 13.7. The van der Waals surface area contributed by atoms with E-state index in [4.69, 9.17) is 23.2 Å². The van der Waals surface area contributed by atoms with Crippen LogP contribution in [0.25, 0.3) is 11.0 Å². The summed E-state index contributed by atoms with van der Waals surface area (Å²) in [6.45, 7) is 5.16. The van der Waals surface area contributed by atoms with Crippen LogP contribution in [-0.2, 0) is 17.2 Å². The van der Waals surface area contributed by atoms with Gasteiger partial charge in [-0.1, -0.05) is 11.6 Å². The van der Waals surface area contributed by atoms with Gasteiger partial charge in [0, 0.05) is 19.2 Å². The van der Waals surface area contributed by atoms with Crippen LogP contribution in [0.4, 0.5) is 4.39 Å². The molecule has 0 radical (unpaired) electrons. The highest BCUT2D eigenvalue weighted by molar-refractivity contribution is 6.31. The first-order chi connectivity index (χ1) is 10.0. The van der Waals surface area contributed by atoms with Gasteiger partial charge in [0.25, 0.3) is 0 Å². The zero-order valence-corrected chi connectivity index (χ0v) is 13.4. The lowest BCUT2D eigenvalue weighted by molar-refractivity contribution is -0.131. The molecule has 1 amide bonds. The molecule has 7 heteroatoms. The lowest BCUT2D eigenvalue weighted by Crippen LogP contribution is -2.33. The van der Waals surface area contributed by atoms with Crippen molar-refractivity contribution in [2.24, 2.45) is 0 Å². The number of halogens is 3. The number of fused-ring (bicyclic) bond motifs is 1. The number of rotatable bonds is 5. The molecule has 114 valence electrons. The molecule has 0 spiro atoms. The minimum atomic E-state index is -0.540. The molecule has 1 heterocycles. The average Bonchev–Trinajstić information content (AvgIpc) is 2.78. The molecule has 0 fully saturated rings. The number of likely N-dealkylation sites (N-methyl/N-ethyl adjacent to an activating group) is 1. The molecule has 0 N–H and O–H groups in total. The van der Waals surface area contributed by atoms with Gasteiger partial charge in [-0.2, -0.15) is 0 Å². The van der Waals surface area contributed by atoms with E-state index in [0.717, 1.165) is 0 Å². The fourth-order valence-corrected chi connectivity index (χ4v) is 2.62. The predicted octanol–water partition coefficient (Wildman–Crippen LogP) is 3.44. The van der Waals surface area contributed by atoms with Gasteiger partial charge >= 0.3 is 0 Å². The standard InChI is InChI=1S/C14H16Cl2FN3O/c1-3-19(4-2)14(21)8-20-12-6-10(17)9(16)5-11(12)18-13(20)7-15/h5-6H,3-4,7-8H2,1-2H3. The summed E-state index contributed by atoms with van der Waals surface area (Å²) in [7, 11) is 0. The summed E-state index contributed by atoms with van der Waals surface area (Å²) in [6.07, 6.45) is 0. The van der Waals surface area contributed by atoms with Crippen molar-refractivity contribution >= 4 is 40.1 Å². The summed E-state index contributed by atoms with van der Waals surface area (Å²) in [5.41, 5.74) is 1.05. The van der Waals surface area contributed by atoms with Gasteiger partial charge in [0.2, 0.25) is 5.91 Å². The van der Waals surface area contributed by atoms with E-state index in [0.29, 0.717) is 29.9 Å².